The van der Waals surface area contributed by atoms with Gasteiger partial charge in [0.25, 0.3) is 0 Å². The molecule has 2 N–H and O–H groups in total. The molecule has 2 rings (SSSR count). The van der Waals surface area contributed by atoms with Crippen LogP contribution in [0.2, 0.25) is 0 Å². The molecule has 0 aliphatic rings. The number of nitrogens with zero attached hydrogens (tertiary/aromatic N) is 2. The van der Waals surface area contributed by atoms with Gasteiger partial charge in [0.05, 0.1) is 5.52 Å². The van der Waals surface area contributed by atoms with Crippen LogP contribution >= 0.6 is 0 Å². The second-order valence-electron chi connectivity index (χ2n) is 2.99. The quantitative estimate of drug-likeness (QED) is 0.594. The van der Waals surface area contributed by atoms with Gasteiger partial charge in [0.2, 0.25) is 0 Å². The van der Waals surface area contributed by atoms with Crippen LogP contribution in [0.4, 0.5) is 5.69 Å². The molecule has 2 aromatic rings. The molecule has 0 saturated carbocycles. The van der Waals surface area contributed by atoms with Crippen LogP contribution in [0.3, 0.4) is 0 Å². The highest BCUT2D eigenvalue weighted by Crippen LogP contribution is 2.19. The minimum absolute atomic E-state index is 0.790. The third kappa shape index (κ3) is 0.863. The van der Waals surface area contributed by atoms with Crippen molar-refractivity contribution in [3.8, 4) is 0 Å². The minimum atomic E-state index is 0.790. The van der Waals surface area contributed by atoms with Gasteiger partial charge in [-0.05, 0) is 25.1 Å². The Labute approximate surface area is 70.8 Å². The van der Waals surface area contributed by atoms with Gasteiger partial charge in [0, 0.05) is 23.8 Å². The summed E-state index contributed by atoms with van der Waals surface area (Å²) in [7, 11) is 1.94. The molecule has 0 aliphatic carbocycles. The third-order valence-electron chi connectivity index (χ3n) is 2.15. The number of anilines is 1. The predicted molar refractivity (Wildman–Crippen MR) is 49.9 cm³/mol. The van der Waals surface area contributed by atoms with Gasteiger partial charge >= 0.3 is 0 Å². The van der Waals surface area contributed by atoms with E-state index in [0.717, 1.165) is 22.3 Å². The van der Waals surface area contributed by atoms with Crippen LogP contribution in [0.5, 0.6) is 0 Å². The largest absolute Gasteiger partial charge is 0.399 e. The highest BCUT2D eigenvalue weighted by atomic mass is 15.3. The third-order valence-corrected chi connectivity index (χ3v) is 2.15. The summed E-state index contributed by atoms with van der Waals surface area (Å²) in [6.07, 6.45) is 0. The van der Waals surface area contributed by atoms with E-state index in [1.54, 1.807) is 0 Å². The van der Waals surface area contributed by atoms with Crippen LogP contribution < -0.4 is 5.73 Å². The highest BCUT2D eigenvalue weighted by Gasteiger charge is 2.03. The molecule has 0 saturated heterocycles. The number of nitrogen functional groups attached to an aromatic ring is 1. The molecular formula is C9H11N3. The Kier molecular flexibility index (Phi) is 1.33. The highest BCUT2D eigenvalue weighted by molar-refractivity contribution is 5.84. The lowest BCUT2D eigenvalue weighted by Crippen LogP contribution is -1.91. The molecule has 1 aromatic heterocycles. The average molecular weight is 161 g/mol. The molecule has 1 heterocycles. The van der Waals surface area contributed by atoms with Crippen LogP contribution in [0.1, 0.15) is 5.69 Å². The van der Waals surface area contributed by atoms with Crippen molar-refractivity contribution < 1.29 is 0 Å². The number of fused-ring (bicyclic) bond motifs is 1. The second kappa shape index (κ2) is 2.24. The van der Waals surface area contributed by atoms with Crippen molar-refractivity contribution in [1.29, 1.82) is 0 Å². The van der Waals surface area contributed by atoms with E-state index >= 15 is 0 Å². The lowest BCUT2D eigenvalue weighted by atomic mass is 10.2. The van der Waals surface area contributed by atoms with Gasteiger partial charge < -0.3 is 5.73 Å². The fourth-order valence-corrected chi connectivity index (χ4v) is 1.34. The lowest BCUT2D eigenvalue weighted by Gasteiger charge is -1.93. The molecule has 0 spiro atoms. The summed E-state index contributed by atoms with van der Waals surface area (Å²) in [5.74, 6) is 0. The predicted octanol–water partition coefficient (Wildman–Crippen LogP) is 1.46. The van der Waals surface area contributed by atoms with E-state index in [-0.39, 0.29) is 0 Å². The average Bonchev–Trinajstić information content (AvgIpc) is 2.31. The van der Waals surface area contributed by atoms with E-state index in [2.05, 4.69) is 5.10 Å². The minimum Gasteiger partial charge on any atom is -0.399 e. The molecule has 1 aromatic carbocycles. The smallest absolute Gasteiger partial charge is 0.0927 e. The Morgan fingerprint density at radius 3 is 2.92 bits per heavy atom. The van der Waals surface area contributed by atoms with E-state index in [4.69, 9.17) is 5.73 Å². The molecule has 0 amide bonds. The molecule has 0 bridgehead atoms. The molecule has 0 radical (unpaired) electrons. The SMILES string of the molecule is Cc1c2cc(N)ccc2nn1C. The molecule has 0 fully saturated rings. The zero-order valence-electron chi connectivity index (χ0n) is 7.20. The first-order valence-electron chi connectivity index (χ1n) is 3.87. The van der Waals surface area contributed by atoms with Crippen molar-refractivity contribution in [2.45, 2.75) is 6.92 Å². The van der Waals surface area contributed by atoms with Gasteiger partial charge in [-0.25, -0.2) is 0 Å². The topological polar surface area (TPSA) is 43.8 Å². The van der Waals surface area contributed by atoms with Crippen molar-refractivity contribution in [3.63, 3.8) is 0 Å². The van der Waals surface area contributed by atoms with Crippen molar-refractivity contribution in [1.82, 2.24) is 9.78 Å². The Morgan fingerprint density at radius 2 is 2.17 bits per heavy atom. The second-order valence-corrected chi connectivity index (χ2v) is 2.99. The molecule has 3 heteroatoms. The number of hydrogen-bond donors (Lipinski definition) is 1. The Balaban J connectivity index is 2.88. The zero-order valence-corrected chi connectivity index (χ0v) is 7.20. The molecular weight excluding hydrogens is 150 g/mol. The Hall–Kier alpha value is -1.51. The molecule has 0 atom stereocenters. The molecule has 62 valence electrons. The zero-order chi connectivity index (χ0) is 8.72. The van der Waals surface area contributed by atoms with Gasteiger partial charge in [0.1, 0.15) is 0 Å². The number of nitrogens with two attached hydrogens (primary N) is 1. The normalized spacial score (nSPS) is 10.8. The summed E-state index contributed by atoms with van der Waals surface area (Å²) < 4.78 is 1.87. The van der Waals surface area contributed by atoms with Crippen molar-refractivity contribution >= 4 is 16.6 Å². The summed E-state index contributed by atoms with van der Waals surface area (Å²) >= 11 is 0. The monoisotopic (exact) mass is 161 g/mol. The van der Waals surface area contributed by atoms with E-state index < -0.39 is 0 Å². The molecule has 12 heavy (non-hydrogen) atoms. The fraction of sp³-hybridized carbons (Fsp3) is 0.222. The van der Waals surface area contributed by atoms with Crippen LogP contribution in [-0.2, 0) is 7.05 Å². The van der Waals surface area contributed by atoms with Crippen LogP contribution in [0, 0.1) is 6.92 Å². The van der Waals surface area contributed by atoms with Gasteiger partial charge in [-0.2, -0.15) is 5.10 Å². The molecule has 3 nitrogen and oxygen atoms in total. The standard InChI is InChI=1S/C9H11N3/c1-6-8-5-7(10)3-4-9(8)11-12(6)2/h3-5H,10H2,1-2H3. The van der Waals surface area contributed by atoms with Crippen molar-refractivity contribution in [2.24, 2.45) is 7.05 Å². The van der Waals surface area contributed by atoms with Crippen LogP contribution in [0.25, 0.3) is 10.9 Å². The summed E-state index contributed by atoms with van der Waals surface area (Å²) in [6, 6.07) is 5.77. The summed E-state index contributed by atoms with van der Waals surface area (Å²) in [4.78, 5) is 0. The number of hydrogen-bond acceptors (Lipinski definition) is 2. The maximum atomic E-state index is 5.66. The number of aromatic nitrogens is 2. The van der Waals surface area contributed by atoms with Gasteiger partial charge in [-0.3, -0.25) is 4.68 Å². The summed E-state index contributed by atoms with van der Waals surface area (Å²) in [5, 5.41) is 5.45. The van der Waals surface area contributed by atoms with E-state index in [9.17, 15) is 0 Å². The van der Waals surface area contributed by atoms with E-state index in [1.165, 1.54) is 0 Å². The Morgan fingerprint density at radius 1 is 1.42 bits per heavy atom. The number of aryl methyl sites for hydroxylation is 2. The first-order chi connectivity index (χ1) is 5.68. The van der Waals surface area contributed by atoms with Crippen molar-refractivity contribution in [2.75, 3.05) is 5.73 Å². The molecule has 0 unspecified atom stereocenters. The summed E-state index contributed by atoms with van der Waals surface area (Å²) in [5.41, 5.74) is 8.61. The van der Waals surface area contributed by atoms with Gasteiger partial charge in [-0.1, -0.05) is 0 Å². The van der Waals surface area contributed by atoms with Crippen LogP contribution in [0.15, 0.2) is 18.2 Å². The van der Waals surface area contributed by atoms with Crippen LogP contribution in [-0.4, -0.2) is 9.78 Å². The maximum Gasteiger partial charge on any atom is 0.0927 e. The first-order valence-corrected chi connectivity index (χ1v) is 3.87. The maximum absolute atomic E-state index is 5.66. The van der Waals surface area contributed by atoms with E-state index in [1.807, 2.05) is 36.9 Å². The number of benzene rings is 1. The van der Waals surface area contributed by atoms with Gasteiger partial charge in [-0.15, -0.1) is 0 Å². The number of rotatable bonds is 0. The van der Waals surface area contributed by atoms with Gasteiger partial charge in [0.15, 0.2) is 0 Å². The summed E-state index contributed by atoms with van der Waals surface area (Å²) in [6.45, 7) is 2.04. The fourth-order valence-electron chi connectivity index (χ4n) is 1.34. The van der Waals surface area contributed by atoms with E-state index in [0.29, 0.717) is 0 Å². The molecule has 0 aliphatic heterocycles. The van der Waals surface area contributed by atoms with Crippen molar-refractivity contribution in [3.05, 3.63) is 23.9 Å². The Bertz CT molecular complexity index is 429. The first kappa shape index (κ1) is 7.16. The lowest BCUT2D eigenvalue weighted by molar-refractivity contribution is 0.751.